The lowest BCUT2D eigenvalue weighted by atomic mass is 9.61. The van der Waals surface area contributed by atoms with Gasteiger partial charge in [0.15, 0.2) is 5.79 Å². The second-order valence-electron chi connectivity index (χ2n) is 8.94. The Balaban J connectivity index is 1.35. The minimum atomic E-state index is -3.46. The van der Waals surface area contributed by atoms with Gasteiger partial charge in [0, 0.05) is 19.4 Å². The normalized spacial score (nSPS) is 27.8. The van der Waals surface area contributed by atoms with Crippen molar-refractivity contribution in [2.24, 2.45) is 11.3 Å². The third-order valence-electron chi connectivity index (χ3n) is 7.15. The summed E-state index contributed by atoms with van der Waals surface area (Å²) in [6, 6.07) is 6.97. The molecular formula is C24H33NO4S. The molecule has 2 aliphatic carbocycles. The topological polar surface area (TPSA) is 64.6 Å². The van der Waals surface area contributed by atoms with Crippen molar-refractivity contribution in [2.45, 2.75) is 62.6 Å². The van der Waals surface area contributed by atoms with E-state index in [-0.39, 0.29) is 11.2 Å². The number of hydrogen-bond donors (Lipinski definition) is 1. The van der Waals surface area contributed by atoms with Crippen LogP contribution >= 0.6 is 0 Å². The number of hydrogen-bond acceptors (Lipinski definition) is 4. The van der Waals surface area contributed by atoms with Crippen molar-refractivity contribution in [1.82, 2.24) is 4.72 Å². The Morgan fingerprint density at radius 3 is 2.63 bits per heavy atom. The smallest absolute Gasteiger partial charge is 0.240 e. The number of fused-ring (bicyclic) bond motifs is 1. The van der Waals surface area contributed by atoms with Crippen LogP contribution in [0.3, 0.4) is 0 Å². The zero-order valence-corrected chi connectivity index (χ0v) is 18.7. The van der Waals surface area contributed by atoms with Gasteiger partial charge in [-0.1, -0.05) is 35.4 Å². The molecule has 164 valence electrons. The van der Waals surface area contributed by atoms with Gasteiger partial charge in [-0.3, -0.25) is 0 Å². The molecule has 1 heterocycles. The van der Waals surface area contributed by atoms with E-state index in [0.29, 0.717) is 30.6 Å². The zero-order chi connectivity index (χ0) is 21.2. The van der Waals surface area contributed by atoms with Gasteiger partial charge in [0.25, 0.3) is 0 Å². The van der Waals surface area contributed by atoms with E-state index in [1.54, 1.807) is 12.1 Å². The average molecular weight is 432 g/mol. The van der Waals surface area contributed by atoms with Crippen molar-refractivity contribution in [3.05, 3.63) is 54.1 Å². The number of ether oxygens (including phenoxy) is 2. The summed E-state index contributed by atoms with van der Waals surface area (Å²) in [6.07, 6.45) is 11.1. The van der Waals surface area contributed by atoms with E-state index < -0.39 is 10.0 Å². The first-order valence-electron chi connectivity index (χ1n) is 11.0. The molecule has 0 bridgehead atoms. The zero-order valence-electron chi connectivity index (χ0n) is 17.9. The van der Waals surface area contributed by atoms with Crippen LogP contribution in [0.25, 0.3) is 0 Å². The van der Waals surface area contributed by atoms with Crippen LogP contribution in [0.4, 0.5) is 0 Å². The molecule has 2 fully saturated rings. The van der Waals surface area contributed by atoms with Crippen LogP contribution < -0.4 is 4.72 Å². The third-order valence-corrected chi connectivity index (χ3v) is 8.62. The largest absolute Gasteiger partial charge is 0.348 e. The van der Waals surface area contributed by atoms with E-state index in [2.05, 4.69) is 17.4 Å². The summed E-state index contributed by atoms with van der Waals surface area (Å²) in [6.45, 7) is 7.81. The Kier molecular flexibility index (Phi) is 6.22. The number of allylic oxidation sites excluding steroid dienone is 3. The fourth-order valence-electron chi connectivity index (χ4n) is 5.56. The molecular weight excluding hydrogens is 398 g/mol. The number of aryl methyl sites for hydroxylation is 1. The summed E-state index contributed by atoms with van der Waals surface area (Å²) < 4.78 is 39.8. The van der Waals surface area contributed by atoms with Gasteiger partial charge in [0.2, 0.25) is 10.0 Å². The van der Waals surface area contributed by atoms with E-state index in [0.717, 1.165) is 50.5 Å². The van der Waals surface area contributed by atoms with Gasteiger partial charge in [-0.15, -0.1) is 6.58 Å². The molecule has 1 spiro atoms. The summed E-state index contributed by atoms with van der Waals surface area (Å²) >= 11 is 0. The van der Waals surface area contributed by atoms with E-state index in [1.165, 1.54) is 5.57 Å². The lowest BCUT2D eigenvalue weighted by Crippen LogP contribution is -2.45. The molecule has 2 atom stereocenters. The molecule has 1 N–H and O–H groups in total. The molecule has 1 aromatic carbocycles. The third kappa shape index (κ3) is 4.15. The van der Waals surface area contributed by atoms with Crippen molar-refractivity contribution in [3.8, 4) is 0 Å². The van der Waals surface area contributed by atoms with Gasteiger partial charge in [-0.25, -0.2) is 13.1 Å². The summed E-state index contributed by atoms with van der Waals surface area (Å²) in [5.41, 5.74) is 2.65. The maximum atomic E-state index is 12.5. The van der Waals surface area contributed by atoms with E-state index in [1.807, 2.05) is 25.1 Å². The molecule has 1 saturated heterocycles. The molecule has 0 unspecified atom stereocenters. The van der Waals surface area contributed by atoms with Crippen LogP contribution in [0, 0.1) is 18.3 Å². The van der Waals surface area contributed by atoms with Crippen LogP contribution in [0.15, 0.2) is 53.5 Å². The average Bonchev–Trinajstić information content (AvgIpc) is 3.31. The van der Waals surface area contributed by atoms with Crippen LogP contribution in [0.2, 0.25) is 0 Å². The SMILES string of the molecule is C=CC[C@]12CCC3(C[C@H]1CC=C2CCCNS(=O)(=O)c1ccc(C)cc1)OCCO3. The number of sulfonamides is 1. The quantitative estimate of drug-likeness (QED) is 0.487. The monoisotopic (exact) mass is 431 g/mol. The highest BCUT2D eigenvalue weighted by Gasteiger charge is 2.54. The Hall–Kier alpha value is -1.47. The molecule has 5 nitrogen and oxygen atoms in total. The summed E-state index contributed by atoms with van der Waals surface area (Å²) in [5.74, 6) is 0.143. The second kappa shape index (κ2) is 8.58. The molecule has 1 aliphatic heterocycles. The molecule has 3 aliphatic rings. The Morgan fingerprint density at radius 1 is 1.20 bits per heavy atom. The van der Waals surface area contributed by atoms with Gasteiger partial charge in [-0.05, 0) is 62.5 Å². The Morgan fingerprint density at radius 2 is 1.93 bits per heavy atom. The first kappa shape index (κ1) is 21.8. The minimum Gasteiger partial charge on any atom is -0.348 e. The van der Waals surface area contributed by atoms with Crippen LogP contribution in [0.5, 0.6) is 0 Å². The lowest BCUT2D eigenvalue weighted by molar-refractivity contribution is -0.201. The van der Waals surface area contributed by atoms with Gasteiger partial charge in [0.1, 0.15) is 0 Å². The molecule has 0 amide bonds. The van der Waals surface area contributed by atoms with E-state index >= 15 is 0 Å². The molecule has 1 saturated carbocycles. The van der Waals surface area contributed by atoms with Gasteiger partial charge >= 0.3 is 0 Å². The van der Waals surface area contributed by atoms with Crippen molar-refractivity contribution in [2.75, 3.05) is 19.8 Å². The molecule has 30 heavy (non-hydrogen) atoms. The van der Waals surface area contributed by atoms with Crippen molar-refractivity contribution >= 4 is 10.0 Å². The van der Waals surface area contributed by atoms with Crippen molar-refractivity contribution < 1.29 is 17.9 Å². The molecule has 4 rings (SSSR count). The van der Waals surface area contributed by atoms with Crippen molar-refractivity contribution in [1.29, 1.82) is 0 Å². The summed E-state index contributed by atoms with van der Waals surface area (Å²) in [7, 11) is -3.46. The molecule has 6 heteroatoms. The maximum Gasteiger partial charge on any atom is 0.240 e. The second-order valence-corrected chi connectivity index (χ2v) is 10.7. The predicted molar refractivity (Wildman–Crippen MR) is 118 cm³/mol. The fraction of sp³-hybridized carbons (Fsp3) is 0.583. The summed E-state index contributed by atoms with van der Waals surface area (Å²) in [4.78, 5) is 0.325. The first-order chi connectivity index (χ1) is 14.4. The molecule has 0 radical (unpaired) electrons. The predicted octanol–water partition coefficient (Wildman–Crippen LogP) is 4.49. The van der Waals surface area contributed by atoms with Crippen LogP contribution in [-0.2, 0) is 19.5 Å². The van der Waals surface area contributed by atoms with Gasteiger partial charge in [0.05, 0.1) is 18.1 Å². The number of rotatable bonds is 8. The Bertz CT molecular complexity index is 900. The highest BCUT2D eigenvalue weighted by atomic mass is 32.2. The number of benzene rings is 1. The lowest BCUT2D eigenvalue weighted by Gasteiger charge is -2.48. The maximum absolute atomic E-state index is 12.5. The van der Waals surface area contributed by atoms with Gasteiger partial charge in [-0.2, -0.15) is 0 Å². The fourth-order valence-corrected chi connectivity index (χ4v) is 6.64. The summed E-state index contributed by atoms with van der Waals surface area (Å²) in [5, 5.41) is 0. The Labute approximate surface area is 180 Å². The highest BCUT2D eigenvalue weighted by Crippen LogP contribution is 2.59. The van der Waals surface area contributed by atoms with Gasteiger partial charge < -0.3 is 9.47 Å². The number of nitrogens with one attached hydrogen (secondary N) is 1. The first-order valence-corrected chi connectivity index (χ1v) is 12.5. The molecule has 1 aromatic rings. The minimum absolute atomic E-state index is 0.137. The van der Waals surface area contributed by atoms with E-state index in [4.69, 9.17) is 9.47 Å². The highest BCUT2D eigenvalue weighted by molar-refractivity contribution is 7.89. The van der Waals surface area contributed by atoms with E-state index in [9.17, 15) is 8.42 Å². The van der Waals surface area contributed by atoms with Crippen LogP contribution in [-0.4, -0.2) is 34.0 Å². The standard InChI is InChI=1S/C24H33NO4S/c1-3-12-23-13-14-24(28-16-17-29-24)18-21(23)9-8-20(23)5-4-15-25-30(26,27)22-10-6-19(2)7-11-22/h3,6-8,10-11,21,25H,1,4-5,9,12-18H2,2H3/t21-,23-/m1/s1. The van der Waals surface area contributed by atoms with Crippen molar-refractivity contribution in [3.63, 3.8) is 0 Å². The molecule has 0 aromatic heterocycles. The van der Waals surface area contributed by atoms with Crippen LogP contribution in [0.1, 0.15) is 50.5 Å².